The van der Waals surface area contributed by atoms with Crippen LogP contribution in [0.15, 0.2) is 18.2 Å². The fourth-order valence-electron chi connectivity index (χ4n) is 3.83. The molecule has 2 saturated heterocycles. The number of piperidine rings is 1. The van der Waals surface area contributed by atoms with Crippen molar-refractivity contribution in [2.24, 2.45) is 5.92 Å². The minimum absolute atomic E-state index is 0.127. The predicted octanol–water partition coefficient (Wildman–Crippen LogP) is 2.34. The SMILES string of the molecule is CCOC(=O)C1CCN(C(=O)c2ccc(C)c(N3CCCCS3(=O)=O)c2)CC1. The highest BCUT2D eigenvalue weighted by atomic mass is 32.2. The molecule has 0 spiro atoms. The second-order valence-electron chi connectivity index (χ2n) is 7.42. The van der Waals surface area contributed by atoms with Gasteiger partial charge in [0.25, 0.3) is 5.91 Å². The van der Waals surface area contributed by atoms with Crippen molar-refractivity contribution in [1.82, 2.24) is 4.90 Å². The predicted molar refractivity (Wildman–Crippen MR) is 107 cm³/mol. The molecule has 0 unspecified atom stereocenters. The molecule has 2 fully saturated rings. The van der Waals surface area contributed by atoms with Crippen molar-refractivity contribution in [3.8, 4) is 0 Å². The number of esters is 1. The van der Waals surface area contributed by atoms with Gasteiger partial charge in [-0.3, -0.25) is 13.9 Å². The third-order valence-corrected chi connectivity index (χ3v) is 7.33. The van der Waals surface area contributed by atoms with E-state index in [1.54, 1.807) is 30.0 Å². The van der Waals surface area contributed by atoms with Crippen LogP contribution in [0.25, 0.3) is 0 Å². The van der Waals surface area contributed by atoms with E-state index in [2.05, 4.69) is 0 Å². The van der Waals surface area contributed by atoms with Gasteiger partial charge in [0.1, 0.15) is 0 Å². The summed E-state index contributed by atoms with van der Waals surface area (Å²) in [6.07, 6.45) is 2.66. The average molecular weight is 409 g/mol. The number of hydrogen-bond donors (Lipinski definition) is 0. The molecule has 8 heteroatoms. The average Bonchev–Trinajstić information content (AvgIpc) is 2.68. The van der Waals surface area contributed by atoms with E-state index in [9.17, 15) is 18.0 Å². The number of likely N-dealkylation sites (tertiary alicyclic amines) is 1. The first kappa shape index (κ1) is 20.6. The van der Waals surface area contributed by atoms with Gasteiger partial charge in [0.15, 0.2) is 0 Å². The van der Waals surface area contributed by atoms with Gasteiger partial charge in [-0.2, -0.15) is 0 Å². The highest BCUT2D eigenvalue weighted by Gasteiger charge is 2.30. The van der Waals surface area contributed by atoms with E-state index in [0.717, 1.165) is 12.0 Å². The van der Waals surface area contributed by atoms with Crippen molar-refractivity contribution < 1.29 is 22.7 Å². The van der Waals surface area contributed by atoms with Crippen LogP contribution >= 0.6 is 0 Å². The van der Waals surface area contributed by atoms with E-state index in [0.29, 0.717) is 56.8 Å². The summed E-state index contributed by atoms with van der Waals surface area (Å²) in [5.41, 5.74) is 1.91. The Balaban J connectivity index is 1.74. The Morgan fingerprint density at radius 1 is 1.14 bits per heavy atom. The number of carbonyl (C=O) groups is 2. The number of ether oxygens (including phenoxy) is 1. The zero-order chi connectivity index (χ0) is 20.3. The lowest BCUT2D eigenvalue weighted by molar-refractivity contribution is -0.149. The number of benzene rings is 1. The van der Waals surface area contributed by atoms with E-state index < -0.39 is 10.0 Å². The van der Waals surface area contributed by atoms with E-state index in [1.807, 2.05) is 6.92 Å². The fourth-order valence-corrected chi connectivity index (χ4v) is 5.52. The fraction of sp³-hybridized carbons (Fsp3) is 0.600. The molecular weight excluding hydrogens is 380 g/mol. The van der Waals surface area contributed by atoms with Gasteiger partial charge in [-0.1, -0.05) is 6.07 Å². The molecule has 154 valence electrons. The third kappa shape index (κ3) is 4.32. The summed E-state index contributed by atoms with van der Waals surface area (Å²) in [5, 5.41) is 0. The molecule has 0 aromatic heterocycles. The van der Waals surface area contributed by atoms with Gasteiger partial charge < -0.3 is 9.64 Å². The lowest BCUT2D eigenvalue weighted by Gasteiger charge is -2.32. The summed E-state index contributed by atoms with van der Waals surface area (Å²) in [7, 11) is -3.33. The summed E-state index contributed by atoms with van der Waals surface area (Å²) in [4.78, 5) is 26.6. The lowest BCUT2D eigenvalue weighted by Crippen LogP contribution is -2.41. The molecule has 2 aliphatic heterocycles. The topological polar surface area (TPSA) is 84.0 Å². The second kappa shape index (κ2) is 8.51. The van der Waals surface area contributed by atoms with Crippen LogP contribution < -0.4 is 4.31 Å². The Labute approximate surface area is 166 Å². The minimum Gasteiger partial charge on any atom is -0.466 e. The van der Waals surface area contributed by atoms with Crippen LogP contribution in [-0.4, -0.2) is 57.2 Å². The van der Waals surface area contributed by atoms with Crippen molar-refractivity contribution in [1.29, 1.82) is 0 Å². The number of aryl methyl sites for hydroxylation is 1. The first-order valence-electron chi connectivity index (χ1n) is 9.90. The van der Waals surface area contributed by atoms with Crippen LogP contribution in [0.1, 0.15) is 48.5 Å². The van der Waals surface area contributed by atoms with Gasteiger partial charge in [-0.05, 0) is 57.2 Å². The van der Waals surface area contributed by atoms with Crippen molar-refractivity contribution in [3.05, 3.63) is 29.3 Å². The van der Waals surface area contributed by atoms with E-state index in [4.69, 9.17) is 4.74 Å². The first-order chi connectivity index (χ1) is 13.3. The molecule has 0 atom stereocenters. The van der Waals surface area contributed by atoms with Gasteiger partial charge in [-0.15, -0.1) is 0 Å². The Morgan fingerprint density at radius 2 is 1.86 bits per heavy atom. The maximum absolute atomic E-state index is 13.0. The standard InChI is InChI=1S/C20H28N2O5S/c1-3-27-20(24)16-8-11-21(12-9-16)19(23)17-7-6-15(2)18(14-17)22-10-4-5-13-28(22,25)26/h6-7,14,16H,3-5,8-13H2,1-2H3. The summed E-state index contributed by atoms with van der Waals surface area (Å²) in [6.45, 7) is 5.45. The molecule has 2 heterocycles. The normalized spacial score (nSPS) is 20.1. The Hall–Kier alpha value is -2.09. The van der Waals surface area contributed by atoms with Crippen molar-refractivity contribution in [2.45, 2.75) is 39.5 Å². The maximum atomic E-state index is 13.0. The van der Waals surface area contributed by atoms with Gasteiger partial charge in [0.05, 0.1) is 24.0 Å². The van der Waals surface area contributed by atoms with Crippen molar-refractivity contribution in [2.75, 3.05) is 36.3 Å². The molecule has 2 aliphatic rings. The maximum Gasteiger partial charge on any atom is 0.309 e. The molecule has 1 aromatic rings. The van der Waals surface area contributed by atoms with Gasteiger partial charge in [0.2, 0.25) is 10.0 Å². The van der Waals surface area contributed by atoms with Gasteiger partial charge in [-0.25, -0.2) is 8.42 Å². The number of amides is 1. The van der Waals surface area contributed by atoms with Gasteiger partial charge >= 0.3 is 5.97 Å². The molecule has 28 heavy (non-hydrogen) atoms. The molecule has 0 N–H and O–H groups in total. The quantitative estimate of drug-likeness (QED) is 0.714. The molecule has 1 aromatic carbocycles. The zero-order valence-corrected chi connectivity index (χ0v) is 17.3. The van der Waals surface area contributed by atoms with Crippen molar-refractivity contribution in [3.63, 3.8) is 0 Å². The molecular formula is C20H28N2O5S. The minimum atomic E-state index is -3.33. The van der Waals surface area contributed by atoms with Crippen LogP contribution in [0.5, 0.6) is 0 Å². The van der Waals surface area contributed by atoms with Crippen molar-refractivity contribution >= 4 is 27.6 Å². The number of carbonyl (C=O) groups excluding carboxylic acids is 2. The second-order valence-corrected chi connectivity index (χ2v) is 9.43. The Kier molecular flexibility index (Phi) is 6.27. The van der Waals surface area contributed by atoms with Gasteiger partial charge in [0, 0.05) is 25.2 Å². The van der Waals surface area contributed by atoms with E-state index in [-0.39, 0.29) is 23.5 Å². The summed E-state index contributed by atoms with van der Waals surface area (Å²) < 4.78 is 31.4. The Bertz CT molecular complexity index is 844. The van der Waals surface area contributed by atoms with Crippen LogP contribution in [0.3, 0.4) is 0 Å². The molecule has 1 amide bonds. The smallest absolute Gasteiger partial charge is 0.309 e. The monoisotopic (exact) mass is 408 g/mol. The number of sulfonamides is 1. The molecule has 0 bridgehead atoms. The molecule has 0 aliphatic carbocycles. The number of hydrogen-bond acceptors (Lipinski definition) is 5. The Morgan fingerprint density at radius 3 is 2.50 bits per heavy atom. The molecule has 3 rings (SSSR count). The van der Waals surface area contributed by atoms with Crippen LogP contribution in [0.2, 0.25) is 0 Å². The zero-order valence-electron chi connectivity index (χ0n) is 16.5. The highest BCUT2D eigenvalue weighted by molar-refractivity contribution is 7.92. The summed E-state index contributed by atoms with van der Waals surface area (Å²) in [5.74, 6) is -0.331. The third-order valence-electron chi connectivity index (χ3n) is 5.48. The number of anilines is 1. The number of nitrogens with zero attached hydrogens (tertiary/aromatic N) is 2. The summed E-state index contributed by atoms with van der Waals surface area (Å²) >= 11 is 0. The van der Waals surface area contributed by atoms with E-state index >= 15 is 0 Å². The number of rotatable bonds is 4. The molecule has 0 radical (unpaired) electrons. The first-order valence-corrected chi connectivity index (χ1v) is 11.5. The van der Waals surface area contributed by atoms with Crippen LogP contribution in [0, 0.1) is 12.8 Å². The highest BCUT2D eigenvalue weighted by Crippen LogP contribution is 2.29. The van der Waals surface area contributed by atoms with Crippen LogP contribution in [0.4, 0.5) is 5.69 Å². The van der Waals surface area contributed by atoms with Crippen LogP contribution in [-0.2, 0) is 19.6 Å². The molecule has 0 saturated carbocycles. The summed E-state index contributed by atoms with van der Waals surface area (Å²) in [6, 6.07) is 5.24. The molecule has 7 nitrogen and oxygen atoms in total. The van der Waals surface area contributed by atoms with E-state index in [1.165, 1.54) is 4.31 Å². The lowest BCUT2D eigenvalue weighted by atomic mass is 9.96. The largest absolute Gasteiger partial charge is 0.466 e.